The van der Waals surface area contributed by atoms with Gasteiger partial charge >= 0.3 is 0 Å². The Morgan fingerprint density at radius 3 is 2.42 bits per heavy atom. The molecule has 1 aliphatic heterocycles. The molecule has 0 radical (unpaired) electrons. The van der Waals surface area contributed by atoms with Gasteiger partial charge in [0.25, 0.3) is 5.91 Å². The molecule has 2 N–H and O–H groups in total. The van der Waals surface area contributed by atoms with E-state index in [9.17, 15) is 9.59 Å². The molecule has 5 heteroatoms. The smallest absolute Gasteiger partial charge is 0.253 e. The van der Waals surface area contributed by atoms with E-state index < -0.39 is 5.54 Å². The van der Waals surface area contributed by atoms with E-state index >= 15 is 0 Å². The molecule has 0 aromatic carbocycles. The summed E-state index contributed by atoms with van der Waals surface area (Å²) in [5, 5.41) is 5.95. The first kappa shape index (κ1) is 15.5. The highest BCUT2D eigenvalue weighted by Crippen LogP contribution is 2.21. The minimum Gasteiger partial charge on any atom is -0.358 e. The minimum absolute atomic E-state index is 0.0356. The molecular formula is C14H25N3O2. The third-order valence-electron chi connectivity index (χ3n) is 3.51. The summed E-state index contributed by atoms with van der Waals surface area (Å²) in [5.74, 6) is 0.890. The lowest BCUT2D eigenvalue weighted by molar-refractivity contribution is -0.131. The van der Waals surface area contributed by atoms with Crippen molar-refractivity contribution < 1.29 is 9.59 Å². The third kappa shape index (κ3) is 3.72. The van der Waals surface area contributed by atoms with E-state index in [1.54, 1.807) is 18.7 Å². The number of amides is 2. The second-order valence-electron chi connectivity index (χ2n) is 6.00. The number of nitrogens with zero attached hydrogens (tertiary/aromatic N) is 1. The Bertz CT molecular complexity index is 388. The summed E-state index contributed by atoms with van der Waals surface area (Å²) < 4.78 is 0. The van der Waals surface area contributed by atoms with E-state index in [2.05, 4.69) is 31.1 Å². The topological polar surface area (TPSA) is 61.4 Å². The van der Waals surface area contributed by atoms with Gasteiger partial charge in [-0.25, -0.2) is 0 Å². The van der Waals surface area contributed by atoms with Crippen LogP contribution in [0.4, 0.5) is 0 Å². The monoisotopic (exact) mass is 267 g/mol. The average Bonchev–Trinajstić information content (AvgIpc) is 2.46. The zero-order valence-corrected chi connectivity index (χ0v) is 12.5. The molecule has 1 aliphatic rings. The molecule has 2 amide bonds. The molecular weight excluding hydrogens is 242 g/mol. The van der Waals surface area contributed by atoms with E-state index in [4.69, 9.17) is 0 Å². The van der Waals surface area contributed by atoms with Crippen LogP contribution in [0, 0.1) is 5.92 Å². The molecule has 108 valence electrons. The molecule has 1 fully saturated rings. The quantitative estimate of drug-likeness (QED) is 0.787. The standard InChI is InChI=1S/C14H25N3O2/c1-9(2)10(3)15-12(18)7-8-17-11(4)16-14(5,6)13(17)19/h9-10,16H,4,7-8H2,1-3,5-6H3,(H,15,18)/t10-/m1/s1. The van der Waals surface area contributed by atoms with Gasteiger partial charge in [-0.3, -0.25) is 14.5 Å². The number of rotatable bonds is 5. The van der Waals surface area contributed by atoms with Crippen molar-refractivity contribution in [2.24, 2.45) is 5.92 Å². The highest BCUT2D eigenvalue weighted by atomic mass is 16.2. The van der Waals surface area contributed by atoms with Crippen molar-refractivity contribution in [3.8, 4) is 0 Å². The normalized spacial score (nSPS) is 19.6. The zero-order valence-electron chi connectivity index (χ0n) is 12.5. The summed E-state index contributed by atoms with van der Waals surface area (Å²) in [4.78, 5) is 25.4. The molecule has 0 saturated carbocycles. The molecule has 0 spiro atoms. The number of carbonyl (C=O) groups excluding carboxylic acids is 2. The molecule has 1 saturated heterocycles. The van der Waals surface area contributed by atoms with Crippen LogP contribution in [0.1, 0.15) is 41.0 Å². The lowest BCUT2D eigenvalue weighted by Crippen LogP contribution is -2.41. The van der Waals surface area contributed by atoms with Crippen molar-refractivity contribution >= 4 is 11.8 Å². The summed E-state index contributed by atoms with van der Waals surface area (Å²) in [6.45, 7) is 13.9. The molecule has 1 rings (SSSR count). The Balaban J connectivity index is 2.47. The maximum atomic E-state index is 12.1. The van der Waals surface area contributed by atoms with Crippen LogP contribution in [-0.4, -0.2) is 34.8 Å². The van der Waals surface area contributed by atoms with Gasteiger partial charge in [0.15, 0.2) is 0 Å². The zero-order chi connectivity index (χ0) is 14.8. The van der Waals surface area contributed by atoms with Gasteiger partial charge in [-0.05, 0) is 26.7 Å². The van der Waals surface area contributed by atoms with Crippen molar-refractivity contribution in [1.82, 2.24) is 15.5 Å². The number of hydrogen-bond donors (Lipinski definition) is 2. The van der Waals surface area contributed by atoms with Gasteiger partial charge < -0.3 is 10.6 Å². The second-order valence-corrected chi connectivity index (χ2v) is 6.00. The average molecular weight is 267 g/mol. The van der Waals surface area contributed by atoms with Crippen LogP contribution in [-0.2, 0) is 9.59 Å². The molecule has 1 atom stereocenters. The van der Waals surface area contributed by atoms with Gasteiger partial charge in [-0.15, -0.1) is 0 Å². The fraction of sp³-hybridized carbons (Fsp3) is 0.714. The SMILES string of the molecule is C=C1NC(C)(C)C(=O)N1CCC(=O)N[C@H](C)C(C)C. The van der Waals surface area contributed by atoms with Crippen molar-refractivity contribution in [1.29, 1.82) is 0 Å². The van der Waals surface area contributed by atoms with E-state index in [0.29, 0.717) is 24.7 Å². The Kier molecular flexibility index (Phi) is 4.61. The third-order valence-corrected chi connectivity index (χ3v) is 3.51. The van der Waals surface area contributed by atoms with E-state index in [0.717, 1.165) is 0 Å². The second kappa shape index (κ2) is 5.63. The van der Waals surface area contributed by atoms with E-state index in [1.165, 1.54) is 0 Å². The predicted molar refractivity (Wildman–Crippen MR) is 75.1 cm³/mol. The molecule has 0 aliphatic carbocycles. The first-order valence-corrected chi connectivity index (χ1v) is 6.73. The molecule has 5 nitrogen and oxygen atoms in total. The number of hydrogen-bond acceptors (Lipinski definition) is 3. The lowest BCUT2D eigenvalue weighted by Gasteiger charge is -2.20. The predicted octanol–water partition coefficient (Wildman–Crippen LogP) is 1.22. The summed E-state index contributed by atoms with van der Waals surface area (Å²) in [7, 11) is 0. The van der Waals surface area contributed by atoms with Crippen molar-refractivity contribution in [2.75, 3.05) is 6.54 Å². The van der Waals surface area contributed by atoms with Crippen molar-refractivity contribution in [3.05, 3.63) is 12.4 Å². The Morgan fingerprint density at radius 1 is 1.42 bits per heavy atom. The fourth-order valence-electron chi connectivity index (χ4n) is 1.88. The van der Waals surface area contributed by atoms with E-state index in [1.807, 2.05) is 6.92 Å². The van der Waals surface area contributed by atoms with Gasteiger partial charge in [0, 0.05) is 19.0 Å². The molecule has 1 heterocycles. The van der Waals surface area contributed by atoms with Crippen molar-refractivity contribution in [2.45, 2.75) is 52.6 Å². The van der Waals surface area contributed by atoms with Crippen LogP contribution in [0.5, 0.6) is 0 Å². The van der Waals surface area contributed by atoms with Crippen LogP contribution >= 0.6 is 0 Å². The summed E-state index contributed by atoms with van der Waals surface area (Å²) in [5.41, 5.74) is -0.626. The number of carbonyl (C=O) groups is 2. The Hall–Kier alpha value is -1.52. The first-order valence-electron chi connectivity index (χ1n) is 6.73. The van der Waals surface area contributed by atoms with Crippen LogP contribution in [0.25, 0.3) is 0 Å². The minimum atomic E-state index is -0.626. The summed E-state index contributed by atoms with van der Waals surface area (Å²) >= 11 is 0. The van der Waals surface area contributed by atoms with E-state index in [-0.39, 0.29) is 17.9 Å². The largest absolute Gasteiger partial charge is 0.358 e. The highest BCUT2D eigenvalue weighted by Gasteiger charge is 2.40. The number of nitrogens with one attached hydrogen (secondary N) is 2. The van der Waals surface area contributed by atoms with Crippen LogP contribution in [0.2, 0.25) is 0 Å². The summed E-state index contributed by atoms with van der Waals surface area (Å²) in [6.07, 6.45) is 0.291. The maximum Gasteiger partial charge on any atom is 0.253 e. The van der Waals surface area contributed by atoms with Crippen molar-refractivity contribution in [3.63, 3.8) is 0 Å². The van der Waals surface area contributed by atoms with Gasteiger partial charge in [0.1, 0.15) is 11.4 Å². The van der Waals surface area contributed by atoms with Gasteiger partial charge in [-0.2, -0.15) is 0 Å². The Labute approximate surface area is 115 Å². The van der Waals surface area contributed by atoms with Gasteiger partial charge in [0.05, 0.1) is 0 Å². The maximum absolute atomic E-state index is 12.1. The fourth-order valence-corrected chi connectivity index (χ4v) is 1.88. The highest BCUT2D eigenvalue weighted by molar-refractivity contribution is 5.90. The first-order chi connectivity index (χ1) is 8.65. The molecule has 0 aromatic heterocycles. The molecule has 19 heavy (non-hydrogen) atoms. The van der Waals surface area contributed by atoms with Crippen LogP contribution in [0.3, 0.4) is 0 Å². The molecule has 0 unspecified atom stereocenters. The van der Waals surface area contributed by atoms with Crippen LogP contribution in [0.15, 0.2) is 12.4 Å². The molecule has 0 aromatic rings. The lowest BCUT2D eigenvalue weighted by atomic mass is 10.1. The van der Waals surface area contributed by atoms with Gasteiger partial charge in [-0.1, -0.05) is 20.4 Å². The molecule has 0 bridgehead atoms. The Morgan fingerprint density at radius 2 is 2.00 bits per heavy atom. The summed E-state index contributed by atoms with van der Waals surface area (Å²) in [6, 6.07) is 0.138. The van der Waals surface area contributed by atoms with Gasteiger partial charge in [0.2, 0.25) is 5.91 Å². The van der Waals surface area contributed by atoms with Crippen LogP contribution < -0.4 is 10.6 Å².